The highest BCUT2D eigenvalue weighted by Gasteiger charge is 2.11. The minimum Gasteiger partial charge on any atom is -0.328 e. The number of imidazole rings is 1. The highest BCUT2D eigenvalue weighted by atomic mass is 15.1. The summed E-state index contributed by atoms with van der Waals surface area (Å²) < 4.78 is 2.09. The molecule has 0 spiro atoms. The first-order chi connectivity index (χ1) is 9.65. The second kappa shape index (κ2) is 5.06. The van der Waals surface area contributed by atoms with Gasteiger partial charge in [0.1, 0.15) is 5.69 Å². The number of hydrogen-bond acceptors (Lipinski definition) is 3. The van der Waals surface area contributed by atoms with E-state index in [4.69, 9.17) is 5.73 Å². The molecule has 3 rings (SSSR count). The Hall–Kier alpha value is -2.20. The molecule has 2 aromatic heterocycles. The molecule has 2 heterocycles. The second-order valence-electron chi connectivity index (χ2n) is 5.21. The molecule has 20 heavy (non-hydrogen) atoms. The third-order valence-electron chi connectivity index (χ3n) is 3.40. The van der Waals surface area contributed by atoms with Crippen LogP contribution in [0.5, 0.6) is 0 Å². The SMILES string of the molecule is CC(N)Cc1ccc2nc(-c3ccccn3)n(C)c2c1. The minimum absolute atomic E-state index is 0.163. The van der Waals surface area contributed by atoms with Crippen molar-refractivity contribution in [2.45, 2.75) is 19.4 Å². The molecule has 0 amide bonds. The Bertz CT molecular complexity index is 729. The Morgan fingerprint density at radius 3 is 2.80 bits per heavy atom. The van der Waals surface area contributed by atoms with E-state index in [2.05, 4.69) is 32.7 Å². The van der Waals surface area contributed by atoms with Gasteiger partial charge < -0.3 is 10.3 Å². The molecule has 3 aromatic rings. The Balaban J connectivity index is 2.11. The number of rotatable bonds is 3. The van der Waals surface area contributed by atoms with E-state index >= 15 is 0 Å². The zero-order chi connectivity index (χ0) is 14.1. The van der Waals surface area contributed by atoms with Crippen LogP contribution in [0.4, 0.5) is 0 Å². The van der Waals surface area contributed by atoms with E-state index in [0.29, 0.717) is 0 Å². The maximum atomic E-state index is 5.87. The maximum absolute atomic E-state index is 5.87. The Morgan fingerprint density at radius 2 is 2.10 bits per heavy atom. The summed E-state index contributed by atoms with van der Waals surface area (Å²) in [5.41, 5.74) is 10.1. The van der Waals surface area contributed by atoms with Crippen molar-refractivity contribution in [3.05, 3.63) is 48.2 Å². The fraction of sp³-hybridized carbons (Fsp3) is 0.250. The van der Waals surface area contributed by atoms with Crippen LogP contribution in [0, 0.1) is 0 Å². The van der Waals surface area contributed by atoms with Crippen LogP contribution in [0.2, 0.25) is 0 Å². The number of hydrogen-bond donors (Lipinski definition) is 1. The number of pyridine rings is 1. The van der Waals surface area contributed by atoms with Gasteiger partial charge in [0.15, 0.2) is 5.82 Å². The van der Waals surface area contributed by atoms with Crippen LogP contribution in [0.15, 0.2) is 42.6 Å². The van der Waals surface area contributed by atoms with E-state index < -0.39 is 0 Å². The molecule has 4 nitrogen and oxygen atoms in total. The predicted molar refractivity (Wildman–Crippen MR) is 81.3 cm³/mol. The molecule has 0 aliphatic carbocycles. The number of benzene rings is 1. The lowest BCUT2D eigenvalue weighted by atomic mass is 10.1. The van der Waals surface area contributed by atoms with Gasteiger partial charge >= 0.3 is 0 Å². The van der Waals surface area contributed by atoms with Gasteiger partial charge in [-0.1, -0.05) is 12.1 Å². The molecular weight excluding hydrogens is 248 g/mol. The van der Waals surface area contributed by atoms with Crippen LogP contribution >= 0.6 is 0 Å². The molecule has 1 aromatic carbocycles. The summed E-state index contributed by atoms with van der Waals surface area (Å²) >= 11 is 0. The van der Waals surface area contributed by atoms with Gasteiger partial charge in [-0.3, -0.25) is 4.98 Å². The summed E-state index contributed by atoms with van der Waals surface area (Å²) in [6.45, 7) is 2.02. The van der Waals surface area contributed by atoms with Crippen LogP contribution in [-0.4, -0.2) is 20.6 Å². The number of nitrogens with zero attached hydrogens (tertiary/aromatic N) is 3. The fourth-order valence-electron chi connectivity index (χ4n) is 2.46. The molecule has 1 atom stereocenters. The third kappa shape index (κ3) is 2.30. The molecule has 1 unspecified atom stereocenters. The number of aromatic nitrogens is 3. The quantitative estimate of drug-likeness (QED) is 0.792. The van der Waals surface area contributed by atoms with Gasteiger partial charge in [-0.15, -0.1) is 0 Å². The van der Waals surface area contributed by atoms with Gasteiger partial charge in [0.2, 0.25) is 0 Å². The molecule has 0 saturated heterocycles. The van der Waals surface area contributed by atoms with Gasteiger partial charge in [-0.05, 0) is 43.2 Å². The molecule has 0 aliphatic heterocycles. The summed E-state index contributed by atoms with van der Waals surface area (Å²) in [5.74, 6) is 0.888. The summed E-state index contributed by atoms with van der Waals surface area (Å²) in [4.78, 5) is 9.04. The van der Waals surface area contributed by atoms with Crippen molar-refractivity contribution in [2.75, 3.05) is 0 Å². The summed E-state index contributed by atoms with van der Waals surface area (Å²) in [5, 5.41) is 0. The highest BCUT2D eigenvalue weighted by molar-refractivity contribution is 5.80. The number of nitrogens with two attached hydrogens (primary N) is 1. The van der Waals surface area contributed by atoms with Crippen molar-refractivity contribution in [2.24, 2.45) is 12.8 Å². The van der Waals surface area contributed by atoms with E-state index in [1.165, 1.54) is 5.56 Å². The third-order valence-corrected chi connectivity index (χ3v) is 3.40. The van der Waals surface area contributed by atoms with Crippen molar-refractivity contribution >= 4 is 11.0 Å². The smallest absolute Gasteiger partial charge is 0.159 e. The van der Waals surface area contributed by atoms with Crippen LogP contribution in [0.25, 0.3) is 22.6 Å². The monoisotopic (exact) mass is 266 g/mol. The van der Waals surface area contributed by atoms with Gasteiger partial charge in [0, 0.05) is 19.3 Å². The zero-order valence-corrected chi connectivity index (χ0v) is 11.7. The zero-order valence-electron chi connectivity index (χ0n) is 11.7. The molecule has 4 heteroatoms. The first-order valence-corrected chi connectivity index (χ1v) is 6.77. The minimum atomic E-state index is 0.163. The van der Waals surface area contributed by atoms with E-state index in [9.17, 15) is 0 Å². The van der Waals surface area contributed by atoms with E-state index in [-0.39, 0.29) is 6.04 Å². The first kappa shape index (κ1) is 12.8. The number of fused-ring (bicyclic) bond motifs is 1. The van der Waals surface area contributed by atoms with Crippen molar-refractivity contribution in [3.8, 4) is 11.5 Å². The lowest BCUT2D eigenvalue weighted by molar-refractivity contribution is 0.738. The molecule has 0 bridgehead atoms. The Labute approximate surface area is 118 Å². The summed E-state index contributed by atoms with van der Waals surface area (Å²) in [6.07, 6.45) is 2.66. The topological polar surface area (TPSA) is 56.7 Å². The van der Waals surface area contributed by atoms with Crippen LogP contribution < -0.4 is 5.73 Å². The normalized spacial score (nSPS) is 12.8. The summed E-state index contributed by atoms with van der Waals surface area (Å²) in [6, 6.07) is 12.3. The van der Waals surface area contributed by atoms with E-state index in [1.54, 1.807) is 6.20 Å². The molecular formula is C16H18N4. The van der Waals surface area contributed by atoms with Crippen molar-refractivity contribution in [1.29, 1.82) is 0 Å². The average Bonchev–Trinajstić information content (AvgIpc) is 2.76. The van der Waals surface area contributed by atoms with E-state index in [0.717, 1.165) is 29.0 Å². The summed E-state index contributed by atoms with van der Waals surface area (Å²) in [7, 11) is 2.02. The molecule has 0 fully saturated rings. The lowest BCUT2D eigenvalue weighted by Gasteiger charge is -2.06. The molecule has 2 N–H and O–H groups in total. The predicted octanol–water partition coefficient (Wildman–Crippen LogP) is 2.53. The Kier molecular flexibility index (Phi) is 3.24. The molecule has 0 saturated carbocycles. The van der Waals surface area contributed by atoms with Gasteiger partial charge in [0.05, 0.1) is 11.0 Å². The average molecular weight is 266 g/mol. The number of aryl methyl sites for hydroxylation is 1. The van der Waals surface area contributed by atoms with E-state index in [1.807, 2.05) is 32.2 Å². The second-order valence-corrected chi connectivity index (χ2v) is 5.21. The lowest BCUT2D eigenvalue weighted by Crippen LogP contribution is -2.17. The van der Waals surface area contributed by atoms with Crippen molar-refractivity contribution in [3.63, 3.8) is 0 Å². The van der Waals surface area contributed by atoms with Crippen LogP contribution in [0.1, 0.15) is 12.5 Å². The first-order valence-electron chi connectivity index (χ1n) is 6.77. The fourth-order valence-corrected chi connectivity index (χ4v) is 2.46. The van der Waals surface area contributed by atoms with Crippen molar-refractivity contribution < 1.29 is 0 Å². The molecule has 0 aliphatic rings. The largest absolute Gasteiger partial charge is 0.328 e. The van der Waals surface area contributed by atoms with Crippen LogP contribution in [0.3, 0.4) is 0 Å². The molecule has 0 radical (unpaired) electrons. The van der Waals surface area contributed by atoms with Crippen molar-refractivity contribution in [1.82, 2.24) is 14.5 Å². The molecule has 102 valence electrons. The Morgan fingerprint density at radius 1 is 1.25 bits per heavy atom. The standard InChI is InChI=1S/C16H18N4/c1-11(17)9-12-6-7-13-15(10-12)20(2)16(19-13)14-5-3-4-8-18-14/h3-8,10-11H,9,17H2,1-2H3. The van der Waals surface area contributed by atoms with Gasteiger partial charge in [-0.2, -0.15) is 0 Å². The van der Waals surface area contributed by atoms with Gasteiger partial charge in [-0.25, -0.2) is 4.98 Å². The maximum Gasteiger partial charge on any atom is 0.159 e. The van der Waals surface area contributed by atoms with Crippen LogP contribution in [-0.2, 0) is 13.5 Å². The highest BCUT2D eigenvalue weighted by Crippen LogP contribution is 2.23. The van der Waals surface area contributed by atoms with Gasteiger partial charge in [0.25, 0.3) is 0 Å².